The van der Waals surface area contributed by atoms with E-state index in [0.717, 1.165) is 46.3 Å². The molecule has 0 spiro atoms. The quantitative estimate of drug-likeness (QED) is 0.644. The molecule has 2 aliphatic heterocycles. The number of rotatable bonds is 4. The Kier molecular flexibility index (Phi) is 6.00. The third-order valence-electron chi connectivity index (χ3n) is 7.12. The third kappa shape index (κ3) is 3.70. The van der Waals surface area contributed by atoms with Gasteiger partial charge in [-0.15, -0.1) is 12.4 Å². The lowest BCUT2D eigenvalue weighted by molar-refractivity contribution is 0.0884. The Morgan fingerprint density at radius 3 is 2.35 bits per heavy atom. The zero-order valence-electron chi connectivity index (χ0n) is 18.3. The van der Waals surface area contributed by atoms with Crippen LogP contribution in [0.3, 0.4) is 0 Å². The van der Waals surface area contributed by atoms with Gasteiger partial charge >= 0.3 is 0 Å². The summed E-state index contributed by atoms with van der Waals surface area (Å²) in [5.41, 5.74) is 3.76. The molecule has 2 atom stereocenters. The van der Waals surface area contributed by atoms with Crippen molar-refractivity contribution >= 4 is 29.2 Å². The van der Waals surface area contributed by atoms with Crippen LogP contribution in [0.15, 0.2) is 48.5 Å². The third-order valence-corrected chi connectivity index (χ3v) is 7.12. The van der Waals surface area contributed by atoms with Crippen molar-refractivity contribution in [2.75, 3.05) is 14.2 Å². The topological polar surface area (TPSA) is 46.5 Å². The van der Waals surface area contributed by atoms with Crippen molar-refractivity contribution in [3.05, 3.63) is 54.1 Å². The molecule has 1 amide bonds. The summed E-state index contributed by atoms with van der Waals surface area (Å²) in [4.78, 5) is 16.1. The number of hydrogen-bond acceptors (Lipinski definition) is 3. The normalized spacial score (nSPS) is 22.9. The van der Waals surface area contributed by atoms with E-state index < -0.39 is 0 Å². The second-order valence-corrected chi connectivity index (χ2v) is 8.72. The number of carbonyl (C=O) groups is 1. The molecule has 0 radical (unpaired) electrons. The minimum absolute atomic E-state index is 0. The summed E-state index contributed by atoms with van der Waals surface area (Å²) in [5, 5.41) is 4.35. The molecule has 2 bridgehead atoms. The van der Waals surface area contributed by atoms with E-state index in [1.807, 2.05) is 43.4 Å². The van der Waals surface area contributed by atoms with Crippen molar-refractivity contribution in [1.82, 2.24) is 14.8 Å². The van der Waals surface area contributed by atoms with E-state index in [-0.39, 0.29) is 24.4 Å². The molecule has 6 heteroatoms. The molecule has 5 rings (SSSR count). The molecule has 2 aromatic carbocycles. The van der Waals surface area contributed by atoms with E-state index >= 15 is 0 Å². The van der Waals surface area contributed by atoms with E-state index in [1.165, 1.54) is 12.8 Å². The van der Waals surface area contributed by atoms with Gasteiger partial charge in [-0.05, 0) is 50.4 Å². The molecule has 3 heterocycles. The van der Waals surface area contributed by atoms with E-state index in [9.17, 15) is 4.79 Å². The maximum atomic E-state index is 13.6. The highest BCUT2D eigenvalue weighted by Gasteiger charge is 2.39. The lowest BCUT2D eigenvalue weighted by atomic mass is 9.97. The van der Waals surface area contributed by atoms with Crippen LogP contribution in [0.2, 0.25) is 0 Å². The standard InChI is InChI=1S/C25H29N3O2.ClH/c1-27-18-9-10-19(27)14-17(13-18)26-25(29)23-21-12-11-20(30-3)15-22(21)28(2)24(23)16-7-5-4-6-8-16;/h4-8,11-12,15,17-19H,9-10,13-14H2,1-3H3,(H,26,29);1H. The SMILES string of the molecule is COc1ccc2c(C(=O)NC3CC4CCC(C3)N4C)c(-c3ccccc3)n(C)c2c1.Cl. The van der Waals surface area contributed by atoms with E-state index in [4.69, 9.17) is 4.74 Å². The summed E-state index contributed by atoms with van der Waals surface area (Å²) >= 11 is 0. The largest absolute Gasteiger partial charge is 0.497 e. The number of methoxy groups -OCH3 is 1. The summed E-state index contributed by atoms with van der Waals surface area (Å²) in [6.45, 7) is 0. The fraction of sp³-hybridized carbons (Fsp3) is 0.400. The number of carbonyl (C=O) groups excluding carboxylic acids is 1. The van der Waals surface area contributed by atoms with Gasteiger partial charge in [-0.25, -0.2) is 0 Å². The molecular weight excluding hydrogens is 410 g/mol. The van der Waals surface area contributed by atoms with Crippen LogP contribution < -0.4 is 10.1 Å². The van der Waals surface area contributed by atoms with Gasteiger partial charge in [-0.1, -0.05) is 30.3 Å². The zero-order chi connectivity index (χ0) is 20.8. The molecular formula is C25H30ClN3O2. The minimum Gasteiger partial charge on any atom is -0.497 e. The Labute approximate surface area is 189 Å². The Balaban J connectivity index is 0.00000231. The maximum absolute atomic E-state index is 13.6. The van der Waals surface area contributed by atoms with Crippen LogP contribution in [0.1, 0.15) is 36.0 Å². The first kappa shape index (κ1) is 21.7. The van der Waals surface area contributed by atoms with Crippen molar-refractivity contribution in [2.24, 2.45) is 7.05 Å². The van der Waals surface area contributed by atoms with Crippen LogP contribution in [-0.2, 0) is 7.05 Å². The number of nitrogens with zero attached hydrogens (tertiary/aromatic N) is 2. The molecule has 1 N–H and O–H groups in total. The number of fused-ring (bicyclic) bond motifs is 3. The van der Waals surface area contributed by atoms with Gasteiger partial charge < -0.3 is 19.5 Å². The van der Waals surface area contributed by atoms with Gasteiger partial charge in [-0.3, -0.25) is 4.79 Å². The summed E-state index contributed by atoms with van der Waals surface area (Å²) in [6.07, 6.45) is 4.57. The summed E-state index contributed by atoms with van der Waals surface area (Å²) in [5.74, 6) is 0.820. The Bertz CT molecular complexity index is 1080. The smallest absolute Gasteiger partial charge is 0.254 e. The second-order valence-electron chi connectivity index (χ2n) is 8.72. The van der Waals surface area contributed by atoms with Crippen LogP contribution in [0, 0.1) is 0 Å². The van der Waals surface area contributed by atoms with Crippen LogP contribution in [0.5, 0.6) is 5.75 Å². The monoisotopic (exact) mass is 439 g/mol. The number of ether oxygens (including phenoxy) is 1. The molecule has 2 fully saturated rings. The Morgan fingerprint density at radius 2 is 1.71 bits per heavy atom. The van der Waals surface area contributed by atoms with Crippen molar-refractivity contribution in [3.8, 4) is 17.0 Å². The number of amides is 1. The first-order valence-corrected chi connectivity index (χ1v) is 10.8. The van der Waals surface area contributed by atoms with E-state index in [1.54, 1.807) is 7.11 Å². The van der Waals surface area contributed by atoms with Gasteiger partial charge in [0.1, 0.15) is 5.75 Å². The molecule has 0 saturated carbocycles. The molecule has 2 saturated heterocycles. The van der Waals surface area contributed by atoms with Crippen molar-refractivity contribution in [2.45, 2.75) is 43.8 Å². The van der Waals surface area contributed by atoms with Gasteiger partial charge in [0, 0.05) is 36.6 Å². The number of benzene rings is 2. The highest BCUT2D eigenvalue weighted by Crippen LogP contribution is 2.37. The number of nitrogens with one attached hydrogen (secondary N) is 1. The average Bonchev–Trinajstić information content (AvgIpc) is 3.15. The molecule has 3 aromatic rings. The summed E-state index contributed by atoms with van der Waals surface area (Å²) in [6, 6.07) is 17.6. The second kappa shape index (κ2) is 8.56. The van der Waals surface area contributed by atoms with Crippen LogP contribution in [0.4, 0.5) is 0 Å². The van der Waals surface area contributed by atoms with Crippen LogP contribution >= 0.6 is 12.4 Å². The maximum Gasteiger partial charge on any atom is 0.254 e. The van der Waals surface area contributed by atoms with Crippen molar-refractivity contribution in [1.29, 1.82) is 0 Å². The summed E-state index contributed by atoms with van der Waals surface area (Å²) in [7, 11) is 5.92. The fourth-order valence-corrected chi connectivity index (χ4v) is 5.49. The minimum atomic E-state index is 0. The molecule has 0 aliphatic carbocycles. The number of aromatic nitrogens is 1. The van der Waals surface area contributed by atoms with Crippen molar-refractivity contribution in [3.63, 3.8) is 0 Å². The summed E-state index contributed by atoms with van der Waals surface area (Å²) < 4.78 is 7.55. The predicted molar refractivity (Wildman–Crippen MR) is 127 cm³/mol. The number of piperidine rings is 1. The zero-order valence-corrected chi connectivity index (χ0v) is 19.1. The van der Waals surface area contributed by atoms with Gasteiger partial charge in [0.2, 0.25) is 0 Å². The first-order chi connectivity index (χ1) is 14.6. The van der Waals surface area contributed by atoms with Crippen LogP contribution in [-0.4, -0.2) is 47.7 Å². The van der Waals surface area contributed by atoms with Gasteiger partial charge in [0.15, 0.2) is 0 Å². The van der Waals surface area contributed by atoms with E-state index in [2.05, 4.69) is 34.0 Å². The van der Waals surface area contributed by atoms with E-state index in [0.29, 0.717) is 12.1 Å². The number of hydrogen-bond donors (Lipinski definition) is 1. The lowest BCUT2D eigenvalue weighted by Crippen LogP contribution is -2.48. The van der Waals surface area contributed by atoms with Crippen LogP contribution in [0.25, 0.3) is 22.2 Å². The average molecular weight is 440 g/mol. The van der Waals surface area contributed by atoms with Gasteiger partial charge in [0.05, 0.1) is 23.9 Å². The molecule has 2 aliphatic rings. The Hall–Kier alpha value is -2.50. The number of aryl methyl sites for hydroxylation is 1. The number of halogens is 1. The molecule has 164 valence electrons. The predicted octanol–water partition coefficient (Wildman–Crippen LogP) is 4.63. The highest BCUT2D eigenvalue weighted by molar-refractivity contribution is 6.13. The highest BCUT2D eigenvalue weighted by atomic mass is 35.5. The Morgan fingerprint density at radius 1 is 1.03 bits per heavy atom. The fourth-order valence-electron chi connectivity index (χ4n) is 5.49. The molecule has 5 nitrogen and oxygen atoms in total. The van der Waals surface area contributed by atoms with Gasteiger partial charge in [-0.2, -0.15) is 0 Å². The molecule has 1 aromatic heterocycles. The lowest BCUT2D eigenvalue weighted by Gasteiger charge is -2.36. The van der Waals surface area contributed by atoms with Gasteiger partial charge in [0.25, 0.3) is 5.91 Å². The van der Waals surface area contributed by atoms with Crippen molar-refractivity contribution < 1.29 is 9.53 Å². The molecule has 2 unspecified atom stereocenters. The first-order valence-electron chi connectivity index (χ1n) is 10.8. The molecule has 31 heavy (non-hydrogen) atoms.